The zero-order chi connectivity index (χ0) is 27.5. The molecule has 1 aromatic carbocycles. The van der Waals surface area contributed by atoms with Crippen LogP contribution >= 0.6 is 0 Å². The lowest BCUT2D eigenvalue weighted by atomic mass is 9.81. The highest BCUT2D eigenvalue weighted by Gasteiger charge is 2.45. The van der Waals surface area contributed by atoms with Crippen LogP contribution in [0.25, 0.3) is 0 Å². The van der Waals surface area contributed by atoms with Gasteiger partial charge < -0.3 is 20.0 Å². The van der Waals surface area contributed by atoms with E-state index in [1.807, 2.05) is 6.92 Å². The number of aromatic hydroxyl groups is 1. The van der Waals surface area contributed by atoms with E-state index in [2.05, 4.69) is 4.99 Å². The molecule has 0 aromatic heterocycles. The number of hydrogen-bond donors (Lipinski definition) is 2. The zero-order valence-corrected chi connectivity index (χ0v) is 21.5. The molecule has 0 bridgehead atoms. The van der Waals surface area contributed by atoms with Gasteiger partial charge in [-0.2, -0.15) is 13.2 Å². The van der Waals surface area contributed by atoms with E-state index in [0.29, 0.717) is 31.2 Å². The van der Waals surface area contributed by atoms with Crippen LogP contribution in [-0.2, 0) is 15.2 Å². The molecule has 38 heavy (non-hydrogen) atoms. The predicted octanol–water partition coefficient (Wildman–Crippen LogP) is 4.11. The predicted molar refractivity (Wildman–Crippen MR) is 137 cm³/mol. The summed E-state index contributed by atoms with van der Waals surface area (Å²) in [5.41, 5.74) is -2.27. The molecule has 4 rings (SSSR count). The van der Waals surface area contributed by atoms with Crippen LogP contribution in [0, 0.1) is 5.92 Å². The Morgan fingerprint density at radius 1 is 1.16 bits per heavy atom. The number of para-hydroxylation sites is 1. The van der Waals surface area contributed by atoms with Crippen molar-refractivity contribution in [2.24, 2.45) is 10.9 Å². The molecule has 10 heteroatoms. The van der Waals surface area contributed by atoms with Crippen molar-refractivity contribution in [1.29, 1.82) is 0 Å². The van der Waals surface area contributed by atoms with E-state index in [1.54, 1.807) is 23.1 Å². The van der Waals surface area contributed by atoms with Crippen LogP contribution in [0.3, 0.4) is 0 Å². The number of carbonyl (C=O) groups is 2. The third kappa shape index (κ3) is 5.65. The molecular formula is C28H34F3N3O4. The first-order chi connectivity index (χ1) is 18.1. The maximum atomic E-state index is 13.8. The van der Waals surface area contributed by atoms with Gasteiger partial charge in [0, 0.05) is 43.0 Å². The van der Waals surface area contributed by atoms with Crippen LogP contribution < -0.4 is 0 Å². The summed E-state index contributed by atoms with van der Waals surface area (Å²) in [7, 11) is 0. The number of benzene rings is 1. The summed E-state index contributed by atoms with van der Waals surface area (Å²) in [4.78, 5) is 34.2. The van der Waals surface area contributed by atoms with Crippen molar-refractivity contribution in [3.8, 4) is 5.75 Å². The van der Waals surface area contributed by atoms with Gasteiger partial charge in [-0.25, -0.2) is 0 Å². The number of phenols is 1. The van der Waals surface area contributed by atoms with Gasteiger partial charge in [-0.3, -0.25) is 14.6 Å². The van der Waals surface area contributed by atoms with Gasteiger partial charge in [0.05, 0.1) is 23.6 Å². The van der Waals surface area contributed by atoms with Gasteiger partial charge >= 0.3 is 6.18 Å². The monoisotopic (exact) mass is 533 g/mol. The minimum atomic E-state index is -4.71. The number of likely N-dealkylation sites (tertiary alicyclic amines) is 2. The van der Waals surface area contributed by atoms with E-state index in [0.717, 1.165) is 12.3 Å². The summed E-state index contributed by atoms with van der Waals surface area (Å²) in [6.45, 7) is 2.72. The number of amides is 2. The van der Waals surface area contributed by atoms with E-state index in [4.69, 9.17) is 0 Å². The summed E-state index contributed by atoms with van der Waals surface area (Å²) >= 11 is 0. The second kappa shape index (κ2) is 11.3. The van der Waals surface area contributed by atoms with Crippen LogP contribution in [0.15, 0.2) is 52.6 Å². The number of halogens is 3. The Labute approximate surface area is 220 Å². The molecule has 7 nitrogen and oxygen atoms in total. The van der Waals surface area contributed by atoms with Crippen LogP contribution in [0.4, 0.5) is 13.2 Å². The standard InChI is InChI=1S/C28H34F3N3O4/c1-2-6-23-20(25(36)33-17-12-27(38,13-18-33)22-8-3-4-9-24(22)35)7-5-16-34(23)26(37)19-10-14-32-15-11-21(19)28(29,30)31/h3-4,8-11,15,20,23,35,38H,2,5-7,12-14,16-18H2,1H3. The van der Waals surface area contributed by atoms with Gasteiger partial charge in [-0.15, -0.1) is 0 Å². The molecule has 0 aliphatic carbocycles. The second-order valence-corrected chi connectivity index (χ2v) is 10.2. The highest BCUT2D eigenvalue weighted by molar-refractivity contribution is 6.00. The Morgan fingerprint density at radius 2 is 1.87 bits per heavy atom. The number of hydrogen-bond acceptors (Lipinski definition) is 5. The molecule has 0 spiro atoms. The third-order valence-corrected chi connectivity index (χ3v) is 7.82. The number of aliphatic hydroxyl groups is 1. The number of piperidine rings is 2. The largest absolute Gasteiger partial charge is 0.508 e. The van der Waals surface area contributed by atoms with Gasteiger partial charge in [-0.1, -0.05) is 31.5 Å². The number of carbonyl (C=O) groups excluding carboxylic acids is 2. The Morgan fingerprint density at radius 3 is 2.53 bits per heavy atom. The fraction of sp³-hybridized carbons (Fsp3) is 0.536. The molecule has 0 radical (unpaired) electrons. The molecule has 1 aromatic rings. The lowest BCUT2D eigenvalue weighted by Crippen LogP contribution is -2.55. The molecule has 0 saturated carbocycles. The highest BCUT2D eigenvalue weighted by Crippen LogP contribution is 2.39. The molecule has 2 saturated heterocycles. The second-order valence-electron chi connectivity index (χ2n) is 10.2. The van der Waals surface area contributed by atoms with Gasteiger partial charge in [0.15, 0.2) is 0 Å². The number of rotatable bonds is 5. The van der Waals surface area contributed by atoms with Crippen LogP contribution in [-0.4, -0.2) is 76.4 Å². The molecular weight excluding hydrogens is 499 g/mol. The fourth-order valence-corrected chi connectivity index (χ4v) is 5.85. The molecule has 2 atom stereocenters. The summed E-state index contributed by atoms with van der Waals surface area (Å²) in [6, 6.07) is 6.08. The SMILES string of the molecule is CCCC1C(C(=O)N2CCC(O)(c3ccccc3O)CC2)CCCN1C(=O)C1=CCN=CC=C1C(F)(F)F. The van der Waals surface area contributed by atoms with Crippen LogP contribution in [0.1, 0.15) is 51.0 Å². The molecule has 3 aliphatic rings. The number of phenolic OH excluding ortho intramolecular Hbond substituents is 1. The first-order valence-electron chi connectivity index (χ1n) is 13.1. The lowest BCUT2D eigenvalue weighted by Gasteiger charge is -2.45. The van der Waals surface area contributed by atoms with Gasteiger partial charge in [-0.05, 0) is 50.3 Å². The van der Waals surface area contributed by atoms with Gasteiger partial charge in [0.25, 0.3) is 5.91 Å². The van der Waals surface area contributed by atoms with Gasteiger partial charge in [0.2, 0.25) is 5.91 Å². The molecule has 3 aliphatic heterocycles. The minimum absolute atomic E-state index is 0.00437. The van der Waals surface area contributed by atoms with Crippen LogP contribution in [0.5, 0.6) is 5.75 Å². The maximum absolute atomic E-state index is 13.8. The molecule has 2 N–H and O–H groups in total. The van der Waals surface area contributed by atoms with Crippen molar-refractivity contribution in [1.82, 2.24) is 9.80 Å². The van der Waals surface area contributed by atoms with E-state index >= 15 is 0 Å². The Bertz CT molecular complexity index is 1140. The summed E-state index contributed by atoms with van der Waals surface area (Å²) in [5.74, 6) is -1.40. The Balaban J connectivity index is 1.52. The fourth-order valence-electron chi connectivity index (χ4n) is 5.85. The van der Waals surface area contributed by atoms with Crippen molar-refractivity contribution in [2.45, 2.75) is 63.3 Å². The summed E-state index contributed by atoms with van der Waals surface area (Å²) in [6.07, 6.45) is 1.10. The van der Waals surface area contributed by atoms with Crippen molar-refractivity contribution >= 4 is 18.0 Å². The number of alkyl halides is 3. The number of aliphatic imine (C=N–C) groups is 1. The molecule has 2 amide bonds. The first kappa shape index (κ1) is 27.9. The van der Waals surface area contributed by atoms with Gasteiger partial charge in [0.1, 0.15) is 5.75 Å². The molecule has 2 fully saturated rings. The average Bonchev–Trinajstić information content (AvgIpc) is 3.15. The molecule has 206 valence electrons. The van der Waals surface area contributed by atoms with Crippen molar-refractivity contribution in [3.63, 3.8) is 0 Å². The highest BCUT2D eigenvalue weighted by atomic mass is 19.4. The molecule has 3 heterocycles. The smallest absolute Gasteiger partial charge is 0.417 e. The topological polar surface area (TPSA) is 93.4 Å². The van der Waals surface area contributed by atoms with E-state index in [1.165, 1.54) is 17.0 Å². The number of allylic oxidation sites excluding steroid dienone is 1. The summed E-state index contributed by atoms with van der Waals surface area (Å²) < 4.78 is 41.3. The van der Waals surface area contributed by atoms with E-state index in [9.17, 15) is 33.0 Å². The third-order valence-electron chi connectivity index (χ3n) is 7.82. The normalized spacial score (nSPS) is 23.9. The van der Waals surface area contributed by atoms with Crippen molar-refractivity contribution in [3.05, 3.63) is 53.1 Å². The lowest BCUT2D eigenvalue weighted by molar-refractivity contribution is -0.147. The van der Waals surface area contributed by atoms with E-state index in [-0.39, 0.29) is 50.7 Å². The summed E-state index contributed by atoms with van der Waals surface area (Å²) in [5, 5.41) is 21.4. The Kier molecular flexibility index (Phi) is 8.30. The van der Waals surface area contributed by atoms with Crippen molar-refractivity contribution < 1.29 is 33.0 Å². The first-order valence-corrected chi connectivity index (χ1v) is 13.1. The number of nitrogens with zero attached hydrogens (tertiary/aromatic N) is 3. The van der Waals surface area contributed by atoms with E-state index < -0.39 is 40.8 Å². The zero-order valence-electron chi connectivity index (χ0n) is 21.5. The minimum Gasteiger partial charge on any atom is -0.508 e. The van der Waals surface area contributed by atoms with Crippen molar-refractivity contribution in [2.75, 3.05) is 26.2 Å². The average molecular weight is 534 g/mol. The quantitative estimate of drug-likeness (QED) is 0.596. The molecule has 2 unspecified atom stereocenters. The Hall–Kier alpha value is -3.14. The maximum Gasteiger partial charge on any atom is 0.417 e. The van der Waals surface area contributed by atoms with Crippen LogP contribution in [0.2, 0.25) is 0 Å².